The highest BCUT2D eigenvalue weighted by Crippen LogP contribution is 2.62. The molecule has 0 heterocycles. The van der Waals surface area contributed by atoms with Crippen LogP contribution in [0.3, 0.4) is 0 Å². The van der Waals surface area contributed by atoms with E-state index in [1.165, 1.54) is 0 Å². The van der Waals surface area contributed by atoms with Crippen molar-refractivity contribution in [1.29, 1.82) is 0 Å². The van der Waals surface area contributed by atoms with Gasteiger partial charge in [-0.1, -0.05) is 188 Å². The van der Waals surface area contributed by atoms with Gasteiger partial charge in [-0.05, 0) is 96.7 Å². The Morgan fingerprint density at radius 2 is 0.646 bits per heavy atom. The van der Waals surface area contributed by atoms with Gasteiger partial charge in [-0.15, -0.1) is 0 Å². The van der Waals surface area contributed by atoms with Crippen molar-refractivity contribution >= 4 is 17.8 Å². The van der Waals surface area contributed by atoms with E-state index < -0.39 is 72.1 Å². The first kappa shape index (κ1) is 79.3. The molecule has 0 aromatic rings. The van der Waals surface area contributed by atoms with Gasteiger partial charge in [0, 0.05) is 25.4 Å². The van der Waals surface area contributed by atoms with Crippen LogP contribution in [0.4, 0.5) is 65.9 Å². The first-order valence-corrected chi connectivity index (χ1v) is 31.0. The number of nitrogens with zero attached hydrogens (tertiary/aromatic N) is 2. The highest BCUT2D eigenvalue weighted by atomic mass is 19.4. The summed E-state index contributed by atoms with van der Waals surface area (Å²) in [7, 11) is 3.34. The van der Waals surface area contributed by atoms with Crippen molar-refractivity contribution in [2.24, 2.45) is 11.8 Å². The topological polar surface area (TPSA) is 76.2 Å². The number of hydrogen-bond acceptors (Lipinski definition) is 6. The van der Waals surface area contributed by atoms with Gasteiger partial charge < -0.3 is 19.3 Å². The van der Waals surface area contributed by atoms with Crippen LogP contribution >= 0.6 is 0 Å². The van der Waals surface area contributed by atoms with Gasteiger partial charge in [-0.3, -0.25) is 14.4 Å². The van der Waals surface area contributed by atoms with Gasteiger partial charge in [-0.2, -0.15) is 65.9 Å². The molecule has 0 saturated carbocycles. The average molecular weight is 1220 g/mol. The molecule has 82 heavy (non-hydrogen) atoms. The summed E-state index contributed by atoms with van der Waals surface area (Å²) in [5.41, 5.74) is 0. The number of alkyl halides is 15. The van der Waals surface area contributed by atoms with Crippen molar-refractivity contribution in [2.45, 2.75) is 313 Å². The van der Waals surface area contributed by atoms with Crippen LogP contribution in [0.1, 0.15) is 265 Å². The number of carbonyl (C=O) groups is 3. The van der Waals surface area contributed by atoms with Crippen LogP contribution in [0.25, 0.3) is 0 Å². The van der Waals surface area contributed by atoms with Crippen LogP contribution in [0.15, 0.2) is 0 Å². The zero-order valence-electron chi connectivity index (χ0n) is 50.3. The molecule has 0 bridgehead atoms. The summed E-state index contributed by atoms with van der Waals surface area (Å²) in [4.78, 5) is 41.4. The van der Waals surface area contributed by atoms with Crippen molar-refractivity contribution in [2.75, 3.05) is 40.4 Å². The van der Waals surface area contributed by atoms with Crippen LogP contribution in [0, 0.1) is 11.8 Å². The second-order valence-corrected chi connectivity index (χ2v) is 23.1. The summed E-state index contributed by atoms with van der Waals surface area (Å²) in [5, 5.41) is 0. The number of ether oxygens (including phenoxy) is 2. The molecule has 0 N–H and O–H groups in total. The van der Waals surface area contributed by atoms with Gasteiger partial charge in [0.2, 0.25) is 0 Å². The van der Waals surface area contributed by atoms with Gasteiger partial charge in [-0.25, -0.2) is 0 Å². The number of unbranched alkanes of at least 4 members (excludes halogenated alkanes) is 22. The third-order valence-electron chi connectivity index (χ3n) is 15.5. The van der Waals surface area contributed by atoms with Crippen molar-refractivity contribution < 1.29 is 89.7 Å². The lowest BCUT2D eigenvalue weighted by Gasteiger charge is -2.42. The molecule has 0 radical (unpaired) electrons. The minimum Gasteiger partial charge on any atom is -0.465 e. The van der Waals surface area contributed by atoms with E-state index in [1.54, 1.807) is 19.0 Å². The monoisotopic (exact) mass is 1220 g/mol. The predicted molar refractivity (Wildman–Crippen MR) is 292 cm³/mol. The first-order chi connectivity index (χ1) is 38.4. The second-order valence-electron chi connectivity index (χ2n) is 23.1. The zero-order valence-corrected chi connectivity index (χ0v) is 50.3. The second kappa shape index (κ2) is 41.4. The lowest BCUT2D eigenvalue weighted by Crippen LogP contribution is -2.74. The minimum absolute atomic E-state index is 0.0255. The Hall–Kier alpha value is -2.68. The van der Waals surface area contributed by atoms with E-state index in [1.807, 2.05) is 0 Å². The molecule has 0 aromatic carbocycles. The van der Waals surface area contributed by atoms with Crippen molar-refractivity contribution in [3.05, 3.63) is 0 Å². The molecule has 7 nitrogen and oxygen atoms in total. The van der Waals surface area contributed by atoms with Gasteiger partial charge in [0.15, 0.2) is 0 Å². The number of esters is 2. The Balaban J connectivity index is 6.66. The summed E-state index contributed by atoms with van der Waals surface area (Å²) in [6.45, 7) is 8.34. The predicted octanol–water partition coefficient (Wildman–Crippen LogP) is 20.0. The molecule has 0 aliphatic carbocycles. The van der Waals surface area contributed by atoms with Crippen LogP contribution in [0.2, 0.25) is 0 Å². The van der Waals surface area contributed by atoms with Crippen molar-refractivity contribution in [3.63, 3.8) is 0 Å². The van der Waals surface area contributed by atoms with Gasteiger partial charge in [0.1, 0.15) is 0 Å². The van der Waals surface area contributed by atoms with Gasteiger partial charge >= 0.3 is 53.7 Å². The molecule has 22 heteroatoms. The maximum Gasteiger partial charge on any atom is 0.460 e. The smallest absolute Gasteiger partial charge is 0.460 e. The first-order valence-electron chi connectivity index (χ1n) is 31.0. The molecule has 0 aliphatic heterocycles. The van der Waals surface area contributed by atoms with Crippen molar-refractivity contribution in [1.82, 2.24) is 9.80 Å². The number of halogens is 15. The van der Waals surface area contributed by atoms with E-state index in [4.69, 9.17) is 9.47 Å². The molecule has 0 saturated heterocycles. The minimum atomic E-state index is -8.53. The Kier molecular flexibility index (Phi) is 40.1. The highest BCUT2D eigenvalue weighted by Gasteiger charge is 2.94. The lowest BCUT2D eigenvalue weighted by atomic mass is 9.90. The number of carbonyl (C=O) groups excluding carboxylic acids is 3. The Bertz CT molecular complexity index is 1610. The highest BCUT2D eigenvalue weighted by molar-refractivity contribution is 5.85. The molecule has 2 atom stereocenters. The van der Waals surface area contributed by atoms with E-state index >= 15 is 26.3 Å². The number of amides is 1. The summed E-state index contributed by atoms with van der Waals surface area (Å²) < 4.78 is 228. The fourth-order valence-electron chi connectivity index (χ4n) is 10.1. The maximum atomic E-state index is 15.9. The standard InChI is InChI=1S/C60H103F15N2O5/c1-7-11-15-19-21-28-38-48(36-26-17-13-9-3)46-81-51(78)42-32-23-30-40-50(41-31-24-33-43-52(79)82-47-49(37-27-18-14-10-4)39-29-22-20-16-12-8-2)77(45-35-25-34-44-76(5)6)53(80)54(61,62)55(63,64)56(65,66)57(67,68)58(69,70)59(71,72)60(73,74)75/h48-50H,7-47H2,1-6H3. The molecule has 0 aromatic heterocycles. The third kappa shape index (κ3) is 27.8. The summed E-state index contributed by atoms with van der Waals surface area (Å²) in [6.07, 6.45) is 16.9. The number of hydrogen-bond donors (Lipinski definition) is 0. The molecule has 0 rings (SSSR count). The summed E-state index contributed by atoms with van der Waals surface area (Å²) in [6, 6.07) is -1.59. The van der Waals surface area contributed by atoms with E-state index in [-0.39, 0.29) is 107 Å². The summed E-state index contributed by atoms with van der Waals surface area (Å²) in [5.74, 6) is -52.6. The Labute approximate surface area is 481 Å². The molecule has 0 aliphatic rings. The number of rotatable bonds is 53. The SMILES string of the molecule is CCCCCCCCC(CCCCCC)COC(=O)CCCCCC(CCCCCC(=O)OCC(CCCCCC)CCCCCCCC)N(CCCCCN(C)C)C(=O)C(F)(F)C(F)(F)C(F)(F)C(F)(F)C(F)(F)C(F)(F)C(F)(F)F. The van der Waals surface area contributed by atoms with E-state index in [2.05, 4.69) is 27.7 Å². The largest absolute Gasteiger partial charge is 0.465 e. The lowest BCUT2D eigenvalue weighted by molar-refractivity contribution is -0.450. The molecule has 1 amide bonds. The molecule has 488 valence electrons. The maximum absolute atomic E-state index is 15.9. The van der Waals surface area contributed by atoms with E-state index in [9.17, 15) is 53.9 Å². The molecular formula is C60H103F15N2O5. The molecule has 0 spiro atoms. The normalized spacial score (nSPS) is 14.3. The van der Waals surface area contributed by atoms with Crippen LogP contribution < -0.4 is 0 Å². The average Bonchev–Trinajstić information content (AvgIpc) is 3.44. The fourth-order valence-corrected chi connectivity index (χ4v) is 10.1. The van der Waals surface area contributed by atoms with Gasteiger partial charge in [0.25, 0.3) is 5.91 Å². The molecule has 0 fully saturated rings. The van der Waals surface area contributed by atoms with E-state index in [0.29, 0.717) is 13.0 Å². The Morgan fingerprint density at radius 3 is 1.01 bits per heavy atom. The third-order valence-corrected chi connectivity index (χ3v) is 15.5. The van der Waals surface area contributed by atoms with Crippen LogP contribution in [-0.4, -0.2) is 116 Å². The zero-order chi connectivity index (χ0) is 62.5. The van der Waals surface area contributed by atoms with Crippen LogP contribution in [0.5, 0.6) is 0 Å². The Morgan fingerprint density at radius 1 is 0.354 bits per heavy atom. The molecular weight excluding hydrogens is 1110 g/mol. The van der Waals surface area contributed by atoms with Crippen molar-refractivity contribution in [3.8, 4) is 0 Å². The van der Waals surface area contributed by atoms with E-state index in [0.717, 1.165) is 154 Å². The van der Waals surface area contributed by atoms with Crippen LogP contribution in [-0.2, 0) is 23.9 Å². The fraction of sp³-hybridized carbons (Fsp3) is 0.950. The molecule has 2 unspecified atom stereocenters. The quantitative estimate of drug-likeness (QED) is 0.0343. The summed E-state index contributed by atoms with van der Waals surface area (Å²) >= 11 is 0. The van der Waals surface area contributed by atoms with Gasteiger partial charge in [0.05, 0.1) is 13.2 Å².